The monoisotopic (exact) mass is 274 g/mol. The lowest BCUT2D eigenvalue weighted by Crippen LogP contribution is -2.42. The second-order valence-electron chi connectivity index (χ2n) is 4.30. The topological polar surface area (TPSA) is 93.6 Å². The van der Waals surface area contributed by atoms with E-state index in [0.29, 0.717) is 12.3 Å². The minimum atomic E-state index is -3.10. The number of sulfone groups is 1. The van der Waals surface area contributed by atoms with E-state index in [4.69, 9.17) is 10.2 Å². The summed E-state index contributed by atoms with van der Waals surface area (Å²) in [7, 11) is -1.50. The Morgan fingerprint density at radius 3 is 2.72 bits per heavy atom. The van der Waals surface area contributed by atoms with Crippen molar-refractivity contribution in [3.05, 3.63) is 24.2 Å². The molecule has 6 nitrogen and oxygen atoms in total. The summed E-state index contributed by atoms with van der Waals surface area (Å²) in [6.07, 6.45) is 2.77. The van der Waals surface area contributed by atoms with Gasteiger partial charge in [0.1, 0.15) is 15.6 Å². The van der Waals surface area contributed by atoms with Crippen LogP contribution in [-0.2, 0) is 21.2 Å². The van der Waals surface area contributed by atoms with E-state index in [1.54, 1.807) is 19.2 Å². The standard InChI is InChI=1S/C11H18N2O4S/c1-13(8-9-4-3-6-17-9)11(14)10(12)5-7-18(2,15)16/h3-4,6,10H,5,7-8,12H2,1-2H3/t10-/m0/s1. The van der Waals surface area contributed by atoms with Crippen LogP contribution in [0.25, 0.3) is 0 Å². The third-order valence-corrected chi connectivity index (χ3v) is 3.44. The molecular formula is C11H18N2O4S. The molecule has 1 heterocycles. The minimum absolute atomic E-state index is 0.0888. The molecule has 1 aromatic heterocycles. The Kier molecular flexibility index (Phi) is 4.92. The quantitative estimate of drug-likeness (QED) is 0.788. The normalized spacial score (nSPS) is 13.3. The van der Waals surface area contributed by atoms with Crippen LogP contribution in [0, 0.1) is 0 Å². The van der Waals surface area contributed by atoms with Crippen molar-refractivity contribution in [3.8, 4) is 0 Å². The van der Waals surface area contributed by atoms with E-state index in [-0.39, 0.29) is 18.1 Å². The maximum atomic E-state index is 11.9. The summed E-state index contributed by atoms with van der Waals surface area (Å²) in [5.74, 6) is 0.269. The molecule has 7 heteroatoms. The van der Waals surface area contributed by atoms with Crippen LogP contribution in [0.3, 0.4) is 0 Å². The van der Waals surface area contributed by atoms with E-state index < -0.39 is 15.9 Å². The molecular weight excluding hydrogens is 256 g/mol. The molecule has 0 aliphatic heterocycles. The Labute approximate surface area is 107 Å². The van der Waals surface area contributed by atoms with Crippen LogP contribution in [0.15, 0.2) is 22.8 Å². The van der Waals surface area contributed by atoms with Gasteiger partial charge in [-0.2, -0.15) is 0 Å². The van der Waals surface area contributed by atoms with Gasteiger partial charge in [0.25, 0.3) is 0 Å². The summed E-state index contributed by atoms with van der Waals surface area (Å²) in [4.78, 5) is 13.3. The van der Waals surface area contributed by atoms with Gasteiger partial charge in [0.2, 0.25) is 5.91 Å². The van der Waals surface area contributed by atoms with Crippen molar-refractivity contribution in [2.24, 2.45) is 5.73 Å². The van der Waals surface area contributed by atoms with E-state index in [9.17, 15) is 13.2 Å². The van der Waals surface area contributed by atoms with Gasteiger partial charge in [-0.15, -0.1) is 0 Å². The van der Waals surface area contributed by atoms with E-state index in [1.807, 2.05) is 0 Å². The van der Waals surface area contributed by atoms with Crippen molar-refractivity contribution in [2.45, 2.75) is 19.0 Å². The summed E-state index contributed by atoms with van der Waals surface area (Å²) in [5.41, 5.74) is 5.67. The number of furan rings is 1. The highest BCUT2D eigenvalue weighted by atomic mass is 32.2. The van der Waals surface area contributed by atoms with Gasteiger partial charge in [-0.1, -0.05) is 0 Å². The highest BCUT2D eigenvalue weighted by Crippen LogP contribution is 2.06. The van der Waals surface area contributed by atoms with Gasteiger partial charge in [0.15, 0.2) is 0 Å². The molecule has 1 aromatic rings. The van der Waals surface area contributed by atoms with Gasteiger partial charge in [-0.3, -0.25) is 4.79 Å². The molecule has 2 N–H and O–H groups in total. The molecule has 0 unspecified atom stereocenters. The van der Waals surface area contributed by atoms with Gasteiger partial charge in [-0.25, -0.2) is 8.42 Å². The highest BCUT2D eigenvalue weighted by Gasteiger charge is 2.20. The van der Waals surface area contributed by atoms with Crippen molar-refractivity contribution in [1.29, 1.82) is 0 Å². The summed E-state index contributed by atoms with van der Waals surface area (Å²) in [6, 6.07) is 2.68. The first-order valence-electron chi connectivity index (χ1n) is 5.50. The largest absolute Gasteiger partial charge is 0.467 e. The van der Waals surface area contributed by atoms with Crippen LogP contribution in [0.2, 0.25) is 0 Å². The number of nitrogens with two attached hydrogens (primary N) is 1. The van der Waals surface area contributed by atoms with E-state index >= 15 is 0 Å². The highest BCUT2D eigenvalue weighted by molar-refractivity contribution is 7.90. The van der Waals surface area contributed by atoms with Crippen LogP contribution < -0.4 is 5.73 Å². The molecule has 1 atom stereocenters. The predicted octanol–water partition coefficient (Wildman–Crippen LogP) is 0.000000000000000666. The number of rotatable bonds is 6. The van der Waals surface area contributed by atoms with E-state index in [2.05, 4.69) is 0 Å². The van der Waals surface area contributed by atoms with Crippen molar-refractivity contribution >= 4 is 15.7 Å². The third-order valence-electron chi connectivity index (χ3n) is 2.47. The fraction of sp³-hybridized carbons (Fsp3) is 0.545. The fourth-order valence-electron chi connectivity index (χ4n) is 1.46. The SMILES string of the molecule is CN(Cc1ccco1)C(=O)[C@@H](N)CCS(C)(=O)=O. The van der Waals surface area contributed by atoms with Crippen molar-refractivity contribution in [3.63, 3.8) is 0 Å². The average Bonchev–Trinajstić information content (AvgIpc) is 2.76. The first-order valence-corrected chi connectivity index (χ1v) is 7.56. The predicted molar refractivity (Wildman–Crippen MR) is 67.5 cm³/mol. The smallest absolute Gasteiger partial charge is 0.239 e. The lowest BCUT2D eigenvalue weighted by atomic mass is 10.2. The fourth-order valence-corrected chi connectivity index (χ4v) is 2.14. The Balaban J connectivity index is 2.47. The maximum Gasteiger partial charge on any atom is 0.239 e. The first-order chi connectivity index (χ1) is 8.29. The summed E-state index contributed by atoms with van der Waals surface area (Å²) < 4.78 is 27.1. The number of carbonyl (C=O) groups is 1. The Morgan fingerprint density at radius 1 is 1.56 bits per heavy atom. The van der Waals surface area contributed by atoms with Crippen LogP contribution in [0.1, 0.15) is 12.2 Å². The molecule has 0 saturated heterocycles. The van der Waals surface area contributed by atoms with Crippen molar-refractivity contribution in [2.75, 3.05) is 19.1 Å². The number of nitrogens with zero attached hydrogens (tertiary/aromatic N) is 1. The molecule has 0 aromatic carbocycles. The van der Waals surface area contributed by atoms with Gasteiger partial charge in [-0.05, 0) is 18.6 Å². The van der Waals surface area contributed by atoms with Gasteiger partial charge in [0, 0.05) is 13.3 Å². The number of amides is 1. The summed E-state index contributed by atoms with van der Waals surface area (Å²) in [6.45, 7) is 0.318. The molecule has 1 amide bonds. The molecule has 102 valence electrons. The zero-order chi connectivity index (χ0) is 13.8. The number of likely N-dealkylation sites (N-methyl/N-ethyl adjacent to an activating group) is 1. The Morgan fingerprint density at radius 2 is 2.22 bits per heavy atom. The molecule has 0 aliphatic carbocycles. The molecule has 0 radical (unpaired) electrons. The molecule has 1 rings (SSSR count). The van der Waals surface area contributed by atoms with E-state index in [0.717, 1.165) is 6.26 Å². The zero-order valence-corrected chi connectivity index (χ0v) is 11.3. The zero-order valence-electron chi connectivity index (χ0n) is 10.5. The molecule has 0 fully saturated rings. The maximum absolute atomic E-state index is 11.9. The number of carbonyl (C=O) groups excluding carboxylic acids is 1. The molecule has 0 aliphatic rings. The van der Waals surface area contributed by atoms with Gasteiger partial charge in [0.05, 0.1) is 24.6 Å². The van der Waals surface area contributed by atoms with E-state index in [1.165, 1.54) is 11.2 Å². The minimum Gasteiger partial charge on any atom is -0.467 e. The molecule has 0 spiro atoms. The third kappa shape index (κ3) is 4.89. The second-order valence-corrected chi connectivity index (χ2v) is 6.56. The van der Waals surface area contributed by atoms with Crippen LogP contribution >= 0.6 is 0 Å². The molecule has 18 heavy (non-hydrogen) atoms. The van der Waals surface area contributed by atoms with Gasteiger partial charge < -0.3 is 15.1 Å². The number of hydrogen-bond donors (Lipinski definition) is 1. The van der Waals surface area contributed by atoms with Crippen LogP contribution in [0.4, 0.5) is 0 Å². The van der Waals surface area contributed by atoms with Gasteiger partial charge >= 0.3 is 0 Å². The van der Waals surface area contributed by atoms with Crippen LogP contribution in [0.5, 0.6) is 0 Å². The summed E-state index contributed by atoms with van der Waals surface area (Å²) in [5, 5.41) is 0. The second kappa shape index (κ2) is 6.01. The summed E-state index contributed by atoms with van der Waals surface area (Å²) >= 11 is 0. The van der Waals surface area contributed by atoms with Crippen molar-refractivity contribution in [1.82, 2.24) is 4.90 Å². The Bertz CT molecular complexity index is 481. The number of hydrogen-bond acceptors (Lipinski definition) is 5. The van der Waals surface area contributed by atoms with Crippen molar-refractivity contribution < 1.29 is 17.6 Å². The van der Waals surface area contributed by atoms with Crippen LogP contribution in [-0.4, -0.2) is 44.3 Å². The molecule has 0 saturated carbocycles. The lowest BCUT2D eigenvalue weighted by molar-refractivity contribution is -0.132. The average molecular weight is 274 g/mol. The first kappa shape index (κ1) is 14.7. The Hall–Kier alpha value is -1.34. The molecule has 0 bridgehead atoms. The lowest BCUT2D eigenvalue weighted by Gasteiger charge is -2.20.